The highest BCUT2D eigenvalue weighted by molar-refractivity contribution is 5.95. The van der Waals surface area contributed by atoms with E-state index in [0.717, 1.165) is 31.2 Å². The number of benzene rings is 1. The van der Waals surface area contributed by atoms with Gasteiger partial charge >= 0.3 is 12.1 Å². The lowest BCUT2D eigenvalue weighted by Crippen LogP contribution is -2.44. The van der Waals surface area contributed by atoms with Gasteiger partial charge < -0.3 is 20.1 Å². The lowest BCUT2D eigenvalue weighted by molar-refractivity contribution is -0.152. The fraction of sp³-hybridized carbons (Fsp3) is 0.613. The second kappa shape index (κ2) is 13.6. The molecule has 10 heteroatoms. The number of carbonyl (C=O) groups is 4. The van der Waals surface area contributed by atoms with Crippen molar-refractivity contribution < 1.29 is 33.0 Å². The van der Waals surface area contributed by atoms with Crippen LogP contribution in [0.5, 0.6) is 0 Å². The third kappa shape index (κ3) is 6.97. The van der Waals surface area contributed by atoms with Gasteiger partial charge in [-0.15, -0.1) is 0 Å². The van der Waals surface area contributed by atoms with Crippen LogP contribution >= 0.6 is 0 Å². The van der Waals surface area contributed by atoms with Crippen LogP contribution < -0.4 is 5.73 Å². The molecule has 1 saturated carbocycles. The summed E-state index contributed by atoms with van der Waals surface area (Å²) in [7, 11) is 0. The Hall–Kier alpha value is -3.27. The van der Waals surface area contributed by atoms with Crippen LogP contribution in [0.3, 0.4) is 0 Å². The van der Waals surface area contributed by atoms with Crippen molar-refractivity contribution in [3.63, 3.8) is 0 Å². The standard InChI is InChI=1S/C31H42FN3O6/c1-3-5-6-7-8-9-12-22-15-31(22,29(38)40-4-2)16-27(36)26-14-23(19-35(26)28(37)17-33)41-30(39)34-18-21-11-10-13-25(32)24(21)20-34/h9-13,22-23,26H,3-8,14-20,33H2,1-2H3/b12-9-/t22-,23-,26+,31-/m1/s1. The molecule has 0 aromatic heterocycles. The van der Waals surface area contributed by atoms with Gasteiger partial charge in [0.05, 0.1) is 37.7 Å². The first-order valence-electron chi connectivity index (χ1n) is 14.8. The fourth-order valence-electron chi connectivity index (χ4n) is 6.06. The number of carbonyl (C=O) groups excluding carboxylic acids is 4. The Labute approximate surface area is 241 Å². The van der Waals surface area contributed by atoms with E-state index in [1.54, 1.807) is 19.1 Å². The van der Waals surface area contributed by atoms with E-state index >= 15 is 0 Å². The van der Waals surface area contributed by atoms with Crippen LogP contribution in [0.2, 0.25) is 0 Å². The Balaban J connectivity index is 1.40. The molecule has 1 aromatic rings. The molecule has 0 spiro atoms. The molecule has 1 aliphatic carbocycles. The first-order valence-corrected chi connectivity index (χ1v) is 14.8. The van der Waals surface area contributed by atoms with E-state index in [2.05, 4.69) is 13.0 Å². The second-order valence-corrected chi connectivity index (χ2v) is 11.3. The molecule has 9 nitrogen and oxygen atoms in total. The average Bonchev–Trinajstić information content (AvgIpc) is 3.26. The Kier molecular flexibility index (Phi) is 10.2. The van der Waals surface area contributed by atoms with Gasteiger partial charge in [-0.25, -0.2) is 9.18 Å². The van der Waals surface area contributed by atoms with Crippen LogP contribution in [0, 0.1) is 17.2 Å². The van der Waals surface area contributed by atoms with Gasteiger partial charge in [0.15, 0.2) is 5.78 Å². The smallest absolute Gasteiger partial charge is 0.410 e. The monoisotopic (exact) mass is 571 g/mol. The highest BCUT2D eigenvalue weighted by atomic mass is 19.1. The molecule has 4 rings (SSSR count). The van der Waals surface area contributed by atoms with Crippen molar-refractivity contribution in [1.82, 2.24) is 9.80 Å². The lowest BCUT2D eigenvalue weighted by atomic mass is 9.92. The van der Waals surface area contributed by atoms with Crippen molar-refractivity contribution in [3.8, 4) is 0 Å². The SMILES string of the molecule is CCCCCC/C=C\[C@@H]1C[C@]1(CC(=O)[C@@H]1C[C@@H](OC(=O)N2Cc3cccc(F)c3C2)CN1C(=O)CN)C(=O)OCC. The van der Waals surface area contributed by atoms with Gasteiger partial charge in [-0.05, 0) is 43.7 Å². The maximum Gasteiger partial charge on any atom is 0.410 e. The minimum Gasteiger partial charge on any atom is -0.466 e. The van der Waals surface area contributed by atoms with E-state index in [1.807, 2.05) is 6.08 Å². The number of nitrogens with two attached hydrogens (primary N) is 1. The molecule has 224 valence electrons. The number of esters is 1. The molecule has 2 N–H and O–H groups in total. The number of fused-ring (bicyclic) bond motifs is 1. The quantitative estimate of drug-likeness (QED) is 0.213. The predicted molar refractivity (Wildman–Crippen MR) is 150 cm³/mol. The topological polar surface area (TPSA) is 119 Å². The number of nitrogens with zero attached hydrogens (tertiary/aromatic N) is 2. The van der Waals surface area contributed by atoms with Gasteiger partial charge in [-0.1, -0.05) is 50.5 Å². The summed E-state index contributed by atoms with van der Waals surface area (Å²) >= 11 is 0. The van der Waals surface area contributed by atoms with Gasteiger partial charge in [0.1, 0.15) is 11.9 Å². The number of hydrogen-bond donors (Lipinski definition) is 1. The number of hydrogen-bond acceptors (Lipinski definition) is 7. The van der Waals surface area contributed by atoms with Crippen molar-refractivity contribution in [2.75, 3.05) is 19.7 Å². The molecule has 0 bridgehead atoms. The predicted octanol–water partition coefficient (Wildman–Crippen LogP) is 4.26. The summed E-state index contributed by atoms with van der Waals surface area (Å²) in [5, 5.41) is 0. The number of Topliss-reactive ketones (excluding diaryl/α,β-unsaturated/α-hetero) is 1. The number of likely N-dealkylation sites (tertiary alicyclic amines) is 1. The molecule has 1 aromatic carbocycles. The molecule has 0 radical (unpaired) electrons. The van der Waals surface area contributed by atoms with E-state index in [0.29, 0.717) is 12.0 Å². The maximum absolute atomic E-state index is 14.1. The van der Waals surface area contributed by atoms with Crippen molar-refractivity contribution in [3.05, 3.63) is 47.3 Å². The number of unbranched alkanes of at least 4 members (excludes halogenated alkanes) is 4. The van der Waals surface area contributed by atoms with E-state index in [4.69, 9.17) is 15.2 Å². The van der Waals surface area contributed by atoms with Gasteiger partial charge in [0.2, 0.25) is 5.91 Å². The molecule has 0 unspecified atom stereocenters. The third-order valence-electron chi connectivity index (χ3n) is 8.48. The third-order valence-corrected chi connectivity index (χ3v) is 8.48. The Morgan fingerprint density at radius 1 is 1.15 bits per heavy atom. The molecule has 2 heterocycles. The normalized spacial score (nSPS) is 24.9. The highest BCUT2D eigenvalue weighted by Gasteiger charge is 2.61. The summed E-state index contributed by atoms with van der Waals surface area (Å²) in [6.45, 7) is 4.17. The minimum absolute atomic E-state index is 0.0286. The lowest BCUT2D eigenvalue weighted by Gasteiger charge is -2.24. The zero-order valence-corrected chi connectivity index (χ0v) is 24.1. The number of allylic oxidation sites excluding steroid dienone is 2. The number of ketones is 1. The van der Waals surface area contributed by atoms with Crippen molar-refractivity contribution in [2.45, 2.75) is 90.4 Å². The molecule has 2 fully saturated rings. The summed E-state index contributed by atoms with van der Waals surface area (Å²) in [5.74, 6) is -1.56. The number of halogens is 1. The zero-order chi connectivity index (χ0) is 29.6. The van der Waals surface area contributed by atoms with E-state index in [-0.39, 0.29) is 63.1 Å². The molecular formula is C31H42FN3O6. The number of ether oxygens (including phenoxy) is 2. The summed E-state index contributed by atoms with van der Waals surface area (Å²) in [5.41, 5.74) is 5.88. The summed E-state index contributed by atoms with van der Waals surface area (Å²) in [4.78, 5) is 55.0. The van der Waals surface area contributed by atoms with Gasteiger partial charge in [-0.3, -0.25) is 19.3 Å². The molecule has 2 amide bonds. The van der Waals surface area contributed by atoms with Crippen LogP contribution in [0.4, 0.5) is 9.18 Å². The van der Waals surface area contributed by atoms with Crippen molar-refractivity contribution in [1.29, 1.82) is 0 Å². The second-order valence-electron chi connectivity index (χ2n) is 11.3. The molecular weight excluding hydrogens is 529 g/mol. The molecule has 41 heavy (non-hydrogen) atoms. The van der Waals surface area contributed by atoms with Crippen LogP contribution in [0.25, 0.3) is 0 Å². The molecule has 3 aliphatic rings. The van der Waals surface area contributed by atoms with Gasteiger partial charge in [0.25, 0.3) is 0 Å². The molecule has 1 saturated heterocycles. The first-order chi connectivity index (χ1) is 19.7. The Morgan fingerprint density at radius 2 is 1.95 bits per heavy atom. The van der Waals surface area contributed by atoms with Gasteiger partial charge in [-0.2, -0.15) is 0 Å². The molecule has 4 atom stereocenters. The van der Waals surface area contributed by atoms with Crippen LogP contribution in [-0.4, -0.2) is 65.4 Å². The largest absolute Gasteiger partial charge is 0.466 e. The molecule has 2 aliphatic heterocycles. The summed E-state index contributed by atoms with van der Waals surface area (Å²) < 4.78 is 25.2. The van der Waals surface area contributed by atoms with E-state index < -0.39 is 35.5 Å². The minimum atomic E-state index is -0.940. The first kappa shape index (κ1) is 30.7. The van der Waals surface area contributed by atoms with Crippen molar-refractivity contribution in [2.24, 2.45) is 17.1 Å². The average molecular weight is 572 g/mol. The number of amides is 2. The van der Waals surface area contributed by atoms with Crippen LogP contribution in [0.15, 0.2) is 30.4 Å². The van der Waals surface area contributed by atoms with E-state index in [1.165, 1.54) is 22.3 Å². The van der Waals surface area contributed by atoms with E-state index in [9.17, 15) is 23.6 Å². The Bertz CT molecular complexity index is 1170. The highest BCUT2D eigenvalue weighted by Crippen LogP contribution is 2.57. The fourth-order valence-corrected chi connectivity index (χ4v) is 6.06. The summed E-state index contributed by atoms with van der Waals surface area (Å²) in [6, 6.07) is 3.86. The maximum atomic E-state index is 14.1. The van der Waals surface area contributed by atoms with Crippen molar-refractivity contribution >= 4 is 23.8 Å². The van der Waals surface area contributed by atoms with Gasteiger partial charge in [0, 0.05) is 24.9 Å². The zero-order valence-electron chi connectivity index (χ0n) is 24.1. The number of rotatable bonds is 13. The Morgan fingerprint density at radius 3 is 2.66 bits per heavy atom. The van der Waals surface area contributed by atoms with Crippen LogP contribution in [-0.2, 0) is 36.9 Å². The summed E-state index contributed by atoms with van der Waals surface area (Å²) in [6.07, 6.45) is 8.85. The van der Waals surface area contributed by atoms with Crippen LogP contribution in [0.1, 0.15) is 76.3 Å².